The van der Waals surface area contributed by atoms with Crippen LogP contribution < -0.4 is 10.1 Å². The highest BCUT2D eigenvalue weighted by Crippen LogP contribution is 2.41. The highest BCUT2D eigenvalue weighted by Gasteiger charge is 2.30. The van der Waals surface area contributed by atoms with Gasteiger partial charge in [-0.15, -0.1) is 11.3 Å². The fraction of sp³-hybridized carbons (Fsp3) is 0.440. The Morgan fingerprint density at radius 2 is 2.14 bits per heavy atom. The zero-order chi connectivity index (χ0) is 24.5. The summed E-state index contributed by atoms with van der Waals surface area (Å²) in [4.78, 5) is 28.5. The number of hydrogen-bond acceptors (Lipinski definition) is 8. The number of fused-ring (bicyclic) bond motifs is 4. The summed E-state index contributed by atoms with van der Waals surface area (Å²) in [6.45, 7) is 1.77. The van der Waals surface area contributed by atoms with Crippen LogP contribution in [0.5, 0.6) is 5.75 Å². The van der Waals surface area contributed by atoms with E-state index in [1.807, 2.05) is 30.3 Å². The maximum Gasteiger partial charge on any atom is 0.225 e. The summed E-state index contributed by atoms with van der Waals surface area (Å²) in [5.74, 6) is 1.71. The summed E-state index contributed by atoms with van der Waals surface area (Å²) in [6, 6.07) is 3.95. The van der Waals surface area contributed by atoms with Crippen molar-refractivity contribution in [2.75, 3.05) is 46.7 Å². The van der Waals surface area contributed by atoms with E-state index in [9.17, 15) is 4.79 Å². The summed E-state index contributed by atoms with van der Waals surface area (Å²) in [5, 5.41) is 8.81. The molecule has 4 aromatic heterocycles. The van der Waals surface area contributed by atoms with E-state index in [0.29, 0.717) is 5.75 Å². The van der Waals surface area contributed by atoms with E-state index in [1.54, 1.807) is 35.5 Å². The Kier molecular flexibility index (Phi) is 6.57. The van der Waals surface area contributed by atoms with Gasteiger partial charge in [0.1, 0.15) is 17.0 Å². The monoisotopic (exact) mass is 493 g/mol. The van der Waals surface area contributed by atoms with Crippen LogP contribution in [0.1, 0.15) is 23.3 Å². The molecule has 5 rings (SSSR count). The largest absolute Gasteiger partial charge is 0.493 e. The number of nitrogens with one attached hydrogen (secondary N) is 1. The van der Waals surface area contributed by atoms with Gasteiger partial charge in [-0.2, -0.15) is 5.10 Å². The number of carbonyl (C=O) groups excluding carboxylic acids is 1. The molecule has 1 atom stereocenters. The minimum absolute atomic E-state index is 0.0219. The average Bonchev–Trinajstić information content (AvgIpc) is 3.46. The average molecular weight is 494 g/mol. The van der Waals surface area contributed by atoms with Gasteiger partial charge in [0.05, 0.1) is 29.9 Å². The Hall–Kier alpha value is -3.24. The van der Waals surface area contributed by atoms with Gasteiger partial charge >= 0.3 is 0 Å². The van der Waals surface area contributed by atoms with Crippen molar-refractivity contribution in [2.24, 2.45) is 5.92 Å². The predicted octanol–water partition coefficient (Wildman–Crippen LogP) is 3.61. The molecule has 4 aromatic rings. The number of methoxy groups -OCH3 is 1. The Morgan fingerprint density at radius 3 is 2.94 bits per heavy atom. The number of rotatable bonds is 8. The summed E-state index contributed by atoms with van der Waals surface area (Å²) >= 11 is 1.68. The van der Waals surface area contributed by atoms with Crippen molar-refractivity contribution in [3.63, 3.8) is 0 Å². The molecule has 0 radical (unpaired) electrons. The zero-order valence-corrected chi connectivity index (χ0v) is 21.4. The first-order valence-corrected chi connectivity index (χ1v) is 12.7. The lowest BCUT2D eigenvalue weighted by Crippen LogP contribution is -2.36. The van der Waals surface area contributed by atoms with Crippen molar-refractivity contribution in [3.05, 3.63) is 41.3 Å². The van der Waals surface area contributed by atoms with Crippen LogP contribution in [0.25, 0.3) is 15.7 Å². The Bertz CT molecular complexity index is 1360. The second-order valence-corrected chi connectivity index (χ2v) is 10.4. The molecule has 1 aliphatic rings. The van der Waals surface area contributed by atoms with Crippen molar-refractivity contribution in [3.8, 4) is 5.75 Å². The third-order valence-corrected chi connectivity index (χ3v) is 7.80. The number of pyridine rings is 1. The molecule has 1 N–H and O–H groups in total. The normalized spacial score (nSPS) is 15.5. The van der Waals surface area contributed by atoms with Gasteiger partial charge in [0.25, 0.3) is 0 Å². The van der Waals surface area contributed by atoms with Gasteiger partial charge in [0.15, 0.2) is 5.75 Å². The van der Waals surface area contributed by atoms with Crippen LogP contribution in [-0.2, 0) is 17.6 Å². The molecule has 184 valence electrons. The fourth-order valence-electron chi connectivity index (χ4n) is 4.80. The molecule has 0 saturated carbocycles. The second-order valence-electron chi connectivity index (χ2n) is 9.34. The maximum atomic E-state index is 13.1. The molecule has 0 fully saturated rings. The summed E-state index contributed by atoms with van der Waals surface area (Å²) in [7, 11) is 7.69. The lowest BCUT2D eigenvalue weighted by Gasteiger charge is -2.27. The number of anilines is 2. The molecule has 0 saturated heterocycles. The van der Waals surface area contributed by atoms with Crippen molar-refractivity contribution < 1.29 is 9.53 Å². The van der Waals surface area contributed by atoms with Crippen LogP contribution in [0, 0.1) is 5.92 Å². The number of nitrogens with zero attached hydrogens (tertiary/aromatic N) is 6. The smallest absolute Gasteiger partial charge is 0.225 e. The third-order valence-electron chi connectivity index (χ3n) is 6.64. The van der Waals surface area contributed by atoms with E-state index in [1.165, 1.54) is 10.4 Å². The van der Waals surface area contributed by atoms with Crippen LogP contribution in [-0.4, -0.2) is 76.6 Å². The molecule has 1 aliphatic carbocycles. The molecule has 0 spiro atoms. The standard InChI is InChI=1S/C25H31N7O2S/c1-30(2)10-5-11-31(3)25(33)16-6-7-18-21(12-16)35-24-22(18)23(26-15-27-24)29-19-13-17-8-9-28-32(17)14-20(19)34-4/h8-9,13-16H,5-7,10-12H2,1-4H3,(H,26,27,29)/t16-/m0/s1. The molecule has 9 nitrogen and oxygen atoms in total. The quantitative estimate of drug-likeness (QED) is 0.401. The third kappa shape index (κ3) is 4.68. The van der Waals surface area contributed by atoms with Crippen molar-refractivity contribution in [1.29, 1.82) is 0 Å². The number of amides is 1. The van der Waals surface area contributed by atoms with Gasteiger partial charge in [-0.3, -0.25) is 4.79 Å². The SMILES string of the molecule is COc1cn2nccc2cc1Nc1ncnc2sc3c(c12)CC[C@H](C(=O)N(C)CCCN(C)C)C3. The predicted molar refractivity (Wildman–Crippen MR) is 139 cm³/mol. The topological polar surface area (TPSA) is 87.9 Å². The van der Waals surface area contributed by atoms with Crippen molar-refractivity contribution in [2.45, 2.75) is 25.7 Å². The van der Waals surface area contributed by atoms with Crippen LogP contribution in [0.2, 0.25) is 0 Å². The van der Waals surface area contributed by atoms with Crippen molar-refractivity contribution in [1.82, 2.24) is 29.4 Å². The van der Waals surface area contributed by atoms with Gasteiger partial charge in [-0.1, -0.05) is 0 Å². The van der Waals surface area contributed by atoms with E-state index in [2.05, 4.69) is 39.4 Å². The Balaban J connectivity index is 1.39. The summed E-state index contributed by atoms with van der Waals surface area (Å²) in [5.41, 5.74) is 3.04. The molecule has 35 heavy (non-hydrogen) atoms. The van der Waals surface area contributed by atoms with E-state index < -0.39 is 0 Å². The van der Waals surface area contributed by atoms with E-state index in [-0.39, 0.29) is 11.8 Å². The number of thiophene rings is 1. The molecule has 1 amide bonds. The molecule has 0 bridgehead atoms. The number of carbonyl (C=O) groups is 1. The molecule has 10 heteroatoms. The Morgan fingerprint density at radius 1 is 1.29 bits per heavy atom. The van der Waals surface area contributed by atoms with Crippen LogP contribution in [0.15, 0.2) is 30.9 Å². The number of aromatic nitrogens is 4. The highest BCUT2D eigenvalue weighted by atomic mass is 32.1. The highest BCUT2D eigenvalue weighted by molar-refractivity contribution is 7.19. The number of aryl methyl sites for hydroxylation is 1. The maximum absolute atomic E-state index is 13.1. The molecule has 0 aliphatic heterocycles. The molecular weight excluding hydrogens is 462 g/mol. The minimum atomic E-state index is 0.0219. The summed E-state index contributed by atoms with van der Waals surface area (Å²) in [6.07, 6.45) is 8.64. The first-order valence-electron chi connectivity index (χ1n) is 11.9. The van der Waals surface area contributed by atoms with Crippen LogP contribution in [0.3, 0.4) is 0 Å². The van der Waals surface area contributed by atoms with E-state index in [4.69, 9.17) is 4.74 Å². The van der Waals surface area contributed by atoms with Crippen LogP contribution >= 0.6 is 11.3 Å². The van der Waals surface area contributed by atoms with E-state index in [0.717, 1.165) is 66.0 Å². The van der Waals surface area contributed by atoms with Crippen LogP contribution in [0.4, 0.5) is 11.5 Å². The Labute approximate surface area is 208 Å². The lowest BCUT2D eigenvalue weighted by atomic mass is 9.87. The molecule has 0 aromatic carbocycles. The molecule has 0 unspecified atom stereocenters. The second kappa shape index (κ2) is 9.79. The first kappa shape index (κ1) is 23.5. The molecular formula is C25H31N7O2S. The van der Waals surface area contributed by atoms with Gasteiger partial charge in [-0.25, -0.2) is 14.5 Å². The minimum Gasteiger partial charge on any atom is -0.493 e. The fourth-order valence-corrected chi connectivity index (χ4v) is 6.06. The van der Waals surface area contributed by atoms with Gasteiger partial charge in [0, 0.05) is 30.6 Å². The molecule has 4 heterocycles. The van der Waals surface area contributed by atoms with Crippen molar-refractivity contribution >= 4 is 44.5 Å². The van der Waals surface area contributed by atoms with Gasteiger partial charge in [-0.05, 0) is 64.0 Å². The zero-order valence-electron chi connectivity index (χ0n) is 20.6. The lowest BCUT2D eigenvalue weighted by molar-refractivity contribution is -0.134. The van der Waals surface area contributed by atoms with Gasteiger partial charge < -0.3 is 19.9 Å². The number of ether oxygens (including phenoxy) is 1. The van der Waals surface area contributed by atoms with E-state index >= 15 is 0 Å². The first-order chi connectivity index (χ1) is 16.9. The van der Waals surface area contributed by atoms with Gasteiger partial charge in [0.2, 0.25) is 5.91 Å². The summed E-state index contributed by atoms with van der Waals surface area (Å²) < 4.78 is 7.37. The number of hydrogen-bond donors (Lipinski definition) is 1.